The number of carbonyl (C=O) groups is 2. The molecule has 0 saturated carbocycles. The number of aliphatic hydroxyl groups excluding tert-OH is 1. The van der Waals surface area contributed by atoms with Crippen molar-refractivity contribution >= 4 is 23.4 Å². The Morgan fingerprint density at radius 2 is 2.35 bits per heavy atom. The number of hydrogen-bond acceptors (Lipinski definition) is 4. The molecule has 2 atom stereocenters. The largest absolute Gasteiger partial charge is 0.396 e. The maximum absolute atomic E-state index is 12.2. The van der Waals surface area contributed by atoms with Crippen molar-refractivity contribution in [2.45, 2.75) is 38.1 Å². The van der Waals surface area contributed by atoms with Crippen molar-refractivity contribution in [3.8, 4) is 0 Å². The highest BCUT2D eigenvalue weighted by molar-refractivity contribution is 6.31. The number of aromatic nitrogens is 1. The SMILES string of the molecule is O=C1CCCC[C@@H](C(=O)NC[C@H](CO)Cc2ccncc2Cl)N1. The summed E-state index contributed by atoms with van der Waals surface area (Å²) in [7, 11) is 0. The van der Waals surface area contributed by atoms with Gasteiger partial charge >= 0.3 is 0 Å². The molecule has 0 radical (unpaired) electrons. The summed E-state index contributed by atoms with van der Waals surface area (Å²) in [4.78, 5) is 27.6. The minimum absolute atomic E-state index is 0.0596. The van der Waals surface area contributed by atoms with Gasteiger partial charge in [-0.3, -0.25) is 14.6 Å². The summed E-state index contributed by atoms with van der Waals surface area (Å²) >= 11 is 6.06. The van der Waals surface area contributed by atoms with E-state index in [1.807, 2.05) is 0 Å². The van der Waals surface area contributed by atoms with Gasteiger partial charge in [0, 0.05) is 37.9 Å². The summed E-state index contributed by atoms with van der Waals surface area (Å²) in [6.07, 6.45) is 6.55. The third-order valence-electron chi connectivity index (χ3n) is 3.99. The van der Waals surface area contributed by atoms with Crippen molar-refractivity contribution in [3.63, 3.8) is 0 Å². The fourth-order valence-electron chi connectivity index (χ4n) is 2.62. The lowest BCUT2D eigenvalue weighted by Gasteiger charge is -2.19. The van der Waals surface area contributed by atoms with Crippen LogP contribution in [0.15, 0.2) is 18.5 Å². The average molecular weight is 340 g/mol. The number of amides is 2. The molecule has 1 saturated heterocycles. The van der Waals surface area contributed by atoms with Crippen LogP contribution in [0.5, 0.6) is 0 Å². The molecular weight excluding hydrogens is 318 g/mol. The van der Waals surface area contributed by atoms with E-state index in [1.165, 1.54) is 0 Å². The highest BCUT2D eigenvalue weighted by atomic mass is 35.5. The number of rotatable bonds is 6. The van der Waals surface area contributed by atoms with E-state index in [1.54, 1.807) is 18.5 Å². The molecule has 2 heterocycles. The molecule has 3 N–H and O–H groups in total. The van der Waals surface area contributed by atoms with E-state index >= 15 is 0 Å². The molecule has 126 valence electrons. The fraction of sp³-hybridized carbons (Fsp3) is 0.562. The van der Waals surface area contributed by atoms with Crippen LogP contribution in [0.2, 0.25) is 5.02 Å². The number of halogens is 1. The first-order valence-corrected chi connectivity index (χ1v) is 8.24. The lowest BCUT2D eigenvalue weighted by molar-refractivity contribution is -0.128. The topological polar surface area (TPSA) is 91.3 Å². The van der Waals surface area contributed by atoms with Crippen molar-refractivity contribution in [1.82, 2.24) is 15.6 Å². The van der Waals surface area contributed by atoms with E-state index < -0.39 is 6.04 Å². The molecule has 0 spiro atoms. The maximum Gasteiger partial charge on any atom is 0.242 e. The number of nitrogens with zero attached hydrogens (tertiary/aromatic N) is 1. The monoisotopic (exact) mass is 339 g/mol. The molecule has 1 aromatic rings. The first kappa shape index (κ1) is 17.7. The van der Waals surface area contributed by atoms with E-state index in [0.29, 0.717) is 30.8 Å². The van der Waals surface area contributed by atoms with E-state index in [-0.39, 0.29) is 24.3 Å². The second kappa shape index (κ2) is 8.84. The second-order valence-electron chi connectivity index (χ2n) is 5.83. The molecule has 1 aliphatic rings. The Bertz CT molecular complexity index is 553. The fourth-order valence-corrected chi connectivity index (χ4v) is 2.82. The molecule has 1 aliphatic heterocycles. The van der Waals surface area contributed by atoms with E-state index in [0.717, 1.165) is 18.4 Å². The molecule has 2 rings (SSSR count). The summed E-state index contributed by atoms with van der Waals surface area (Å²) in [5.41, 5.74) is 0.887. The Hall–Kier alpha value is -1.66. The van der Waals surface area contributed by atoms with Gasteiger partial charge in [-0.25, -0.2) is 0 Å². The molecule has 23 heavy (non-hydrogen) atoms. The van der Waals surface area contributed by atoms with Crippen molar-refractivity contribution in [3.05, 3.63) is 29.0 Å². The number of aliphatic hydroxyl groups is 1. The first-order chi connectivity index (χ1) is 11.1. The molecule has 0 unspecified atom stereocenters. The molecule has 6 nitrogen and oxygen atoms in total. The minimum Gasteiger partial charge on any atom is -0.396 e. The van der Waals surface area contributed by atoms with Crippen LogP contribution < -0.4 is 10.6 Å². The van der Waals surface area contributed by atoms with Crippen molar-refractivity contribution in [2.75, 3.05) is 13.2 Å². The predicted molar refractivity (Wildman–Crippen MR) is 86.9 cm³/mol. The molecule has 0 aliphatic carbocycles. The van der Waals surface area contributed by atoms with Crippen molar-refractivity contribution in [1.29, 1.82) is 0 Å². The minimum atomic E-state index is -0.478. The summed E-state index contributed by atoms with van der Waals surface area (Å²) < 4.78 is 0. The lowest BCUT2D eigenvalue weighted by atomic mass is 10.0. The standard InChI is InChI=1S/C16H22ClN3O3/c17-13-9-18-6-5-12(13)7-11(10-21)8-19-16(23)14-3-1-2-4-15(22)20-14/h5-6,9,11,14,21H,1-4,7-8,10H2,(H,19,23)(H,20,22)/t11-,14+/m1/s1. The zero-order valence-corrected chi connectivity index (χ0v) is 13.7. The van der Waals surface area contributed by atoms with Crippen LogP contribution in [0.1, 0.15) is 31.2 Å². The zero-order chi connectivity index (χ0) is 16.7. The molecule has 0 aromatic carbocycles. The molecule has 2 amide bonds. The van der Waals surface area contributed by atoms with Crippen LogP contribution in [0, 0.1) is 5.92 Å². The van der Waals surface area contributed by atoms with Crippen LogP contribution in [0.4, 0.5) is 0 Å². The lowest BCUT2D eigenvalue weighted by Crippen LogP contribution is -2.47. The van der Waals surface area contributed by atoms with Gasteiger partial charge in [-0.15, -0.1) is 0 Å². The summed E-state index contributed by atoms with van der Waals surface area (Å²) in [6, 6.07) is 1.33. The normalized spacial score (nSPS) is 19.6. The van der Waals surface area contributed by atoms with Crippen LogP contribution in [-0.2, 0) is 16.0 Å². The van der Waals surface area contributed by atoms with E-state index in [9.17, 15) is 14.7 Å². The number of carbonyl (C=O) groups excluding carboxylic acids is 2. The van der Waals surface area contributed by atoms with Crippen LogP contribution in [-0.4, -0.2) is 41.1 Å². The van der Waals surface area contributed by atoms with Gasteiger partial charge in [0.15, 0.2) is 0 Å². The van der Waals surface area contributed by atoms with Crippen LogP contribution >= 0.6 is 11.6 Å². The summed E-state index contributed by atoms with van der Waals surface area (Å²) in [5.74, 6) is -0.412. The Kier molecular flexibility index (Phi) is 6.80. The number of hydrogen-bond donors (Lipinski definition) is 3. The van der Waals surface area contributed by atoms with Gasteiger partial charge in [0.2, 0.25) is 11.8 Å². The van der Waals surface area contributed by atoms with Crippen molar-refractivity contribution in [2.24, 2.45) is 5.92 Å². The smallest absolute Gasteiger partial charge is 0.242 e. The Balaban J connectivity index is 1.86. The zero-order valence-electron chi connectivity index (χ0n) is 12.9. The molecule has 1 aromatic heterocycles. The Labute approximate surface area is 140 Å². The van der Waals surface area contributed by atoms with Gasteiger partial charge in [-0.1, -0.05) is 18.0 Å². The van der Waals surface area contributed by atoms with Gasteiger partial charge < -0.3 is 15.7 Å². The van der Waals surface area contributed by atoms with Gasteiger partial charge in [0.05, 0.1) is 5.02 Å². The highest BCUT2D eigenvalue weighted by Crippen LogP contribution is 2.17. The number of pyridine rings is 1. The van der Waals surface area contributed by atoms with E-state index in [4.69, 9.17) is 11.6 Å². The second-order valence-corrected chi connectivity index (χ2v) is 6.24. The first-order valence-electron chi connectivity index (χ1n) is 7.86. The molecule has 7 heteroatoms. The van der Waals surface area contributed by atoms with Gasteiger partial charge in [-0.2, -0.15) is 0 Å². The molecule has 0 bridgehead atoms. The molecule has 1 fully saturated rings. The van der Waals surface area contributed by atoms with Crippen LogP contribution in [0.25, 0.3) is 0 Å². The molecular formula is C16H22ClN3O3. The van der Waals surface area contributed by atoms with Gasteiger partial charge in [0.1, 0.15) is 6.04 Å². The number of nitrogens with one attached hydrogen (secondary N) is 2. The third kappa shape index (κ3) is 5.48. The summed E-state index contributed by atoms with van der Waals surface area (Å²) in [6.45, 7) is 0.274. The van der Waals surface area contributed by atoms with E-state index in [2.05, 4.69) is 15.6 Å². The van der Waals surface area contributed by atoms with Crippen LogP contribution in [0.3, 0.4) is 0 Å². The van der Waals surface area contributed by atoms with Gasteiger partial charge in [-0.05, 0) is 30.9 Å². The predicted octanol–water partition coefficient (Wildman–Crippen LogP) is 1.06. The highest BCUT2D eigenvalue weighted by Gasteiger charge is 2.23. The van der Waals surface area contributed by atoms with Crippen molar-refractivity contribution < 1.29 is 14.7 Å². The maximum atomic E-state index is 12.2. The Morgan fingerprint density at radius 3 is 3.09 bits per heavy atom. The van der Waals surface area contributed by atoms with Gasteiger partial charge in [0.25, 0.3) is 0 Å². The quantitative estimate of drug-likeness (QED) is 0.722. The summed E-state index contributed by atoms with van der Waals surface area (Å²) in [5, 5.41) is 15.6. The third-order valence-corrected chi connectivity index (χ3v) is 4.33. The Morgan fingerprint density at radius 1 is 1.52 bits per heavy atom. The average Bonchev–Trinajstić information content (AvgIpc) is 2.77.